The molecule has 1 rings (SSSR count). The minimum absolute atomic E-state index is 0.00743. The predicted octanol–water partition coefficient (Wildman–Crippen LogP) is -1.39. The quantitative estimate of drug-likeness (QED) is 0.625. The van der Waals surface area contributed by atoms with E-state index in [1.807, 2.05) is 0 Å². The van der Waals surface area contributed by atoms with Crippen LogP contribution in [0, 0.1) is 0 Å². The molecule has 0 atom stereocenters. The minimum atomic E-state index is -3.18. The number of carbonyl (C=O) groups is 2. The number of hydrogen-bond donors (Lipinski definition) is 2. The third-order valence-corrected chi connectivity index (χ3v) is 4.18. The van der Waals surface area contributed by atoms with E-state index >= 15 is 0 Å². The molecule has 1 saturated heterocycles. The Bertz CT molecular complexity index is 378. The van der Waals surface area contributed by atoms with Crippen molar-refractivity contribution >= 4 is 21.9 Å². The second kappa shape index (κ2) is 5.26. The topological polar surface area (TPSA) is 104 Å². The lowest BCUT2D eigenvalue weighted by Gasteiger charge is -2.13. The van der Waals surface area contributed by atoms with Crippen molar-refractivity contribution in [1.82, 2.24) is 9.62 Å². The summed E-state index contributed by atoms with van der Waals surface area (Å²) in [6, 6.07) is 0. The first-order valence-electron chi connectivity index (χ1n) is 4.88. The van der Waals surface area contributed by atoms with Crippen LogP contribution in [0.25, 0.3) is 0 Å². The summed E-state index contributed by atoms with van der Waals surface area (Å²) >= 11 is 0. The fraction of sp³-hybridized carbons (Fsp3) is 0.750. The van der Waals surface area contributed by atoms with E-state index in [1.165, 1.54) is 4.31 Å². The van der Waals surface area contributed by atoms with Gasteiger partial charge in [-0.3, -0.25) is 9.59 Å². The van der Waals surface area contributed by atoms with E-state index in [1.54, 1.807) is 0 Å². The van der Waals surface area contributed by atoms with Gasteiger partial charge >= 0.3 is 5.97 Å². The van der Waals surface area contributed by atoms with Crippen LogP contribution in [0.5, 0.6) is 0 Å². The van der Waals surface area contributed by atoms with Gasteiger partial charge in [0.1, 0.15) is 6.54 Å². The molecule has 0 aromatic rings. The van der Waals surface area contributed by atoms with Gasteiger partial charge in [0.2, 0.25) is 15.9 Å². The van der Waals surface area contributed by atoms with Crippen molar-refractivity contribution in [3.05, 3.63) is 0 Å². The van der Waals surface area contributed by atoms with Crippen LogP contribution in [0.3, 0.4) is 0 Å². The van der Waals surface area contributed by atoms with Gasteiger partial charge in [-0.05, 0) is 6.42 Å². The lowest BCUT2D eigenvalue weighted by atomic mass is 10.4. The molecule has 2 N–H and O–H groups in total. The Hall–Kier alpha value is -1.15. The highest BCUT2D eigenvalue weighted by atomic mass is 32.2. The van der Waals surface area contributed by atoms with Crippen LogP contribution < -0.4 is 5.32 Å². The molecule has 8 heteroatoms. The summed E-state index contributed by atoms with van der Waals surface area (Å²) in [6.07, 6.45) is 0.575. The molecule has 0 unspecified atom stereocenters. The lowest BCUT2D eigenvalue weighted by Crippen LogP contribution is -2.34. The first kappa shape index (κ1) is 12.9. The van der Waals surface area contributed by atoms with Crippen molar-refractivity contribution < 1.29 is 23.1 Å². The molecule has 92 valence electrons. The van der Waals surface area contributed by atoms with E-state index in [0.717, 1.165) is 0 Å². The van der Waals surface area contributed by atoms with Gasteiger partial charge in [-0.2, -0.15) is 0 Å². The smallest absolute Gasteiger partial charge is 0.322 e. The van der Waals surface area contributed by atoms with Gasteiger partial charge in [0, 0.05) is 19.5 Å². The highest BCUT2D eigenvalue weighted by Gasteiger charge is 2.28. The molecular formula is C8H14N2O5S. The van der Waals surface area contributed by atoms with Gasteiger partial charge < -0.3 is 10.4 Å². The Morgan fingerprint density at radius 1 is 1.38 bits per heavy atom. The van der Waals surface area contributed by atoms with E-state index in [-0.39, 0.29) is 18.7 Å². The van der Waals surface area contributed by atoms with Crippen molar-refractivity contribution in [3.63, 3.8) is 0 Å². The lowest BCUT2D eigenvalue weighted by molar-refractivity contribution is -0.137. The number of hydrogen-bond acceptors (Lipinski definition) is 4. The van der Waals surface area contributed by atoms with E-state index in [9.17, 15) is 18.0 Å². The molecule has 0 aliphatic carbocycles. The van der Waals surface area contributed by atoms with Gasteiger partial charge in [0.05, 0.1) is 5.75 Å². The molecule has 1 aliphatic rings. The Labute approximate surface area is 93.5 Å². The highest BCUT2D eigenvalue weighted by Crippen LogP contribution is 2.12. The minimum Gasteiger partial charge on any atom is -0.480 e. The monoisotopic (exact) mass is 250 g/mol. The van der Waals surface area contributed by atoms with Crippen LogP contribution in [0.15, 0.2) is 0 Å². The Morgan fingerprint density at radius 2 is 2.06 bits per heavy atom. The van der Waals surface area contributed by atoms with E-state index in [4.69, 9.17) is 5.11 Å². The molecule has 0 saturated carbocycles. The predicted molar refractivity (Wildman–Crippen MR) is 55.2 cm³/mol. The summed E-state index contributed by atoms with van der Waals surface area (Å²) in [7, 11) is -3.18. The average Bonchev–Trinajstić information content (AvgIpc) is 2.51. The third-order valence-electron chi connectivity index (χ3n) is 2.23. The van der Waals surface area contributed by atoms with E-state index in [0.29, 0.717) is 13.0 Å². The van der Waals surface area contributed by atoms with Crippen molar-refractivity contribution in [1.29, 1.82) is 0 Å². The molecule has 7 nitrogen and oxygen atoms in total. The Kier molecular flexibility index (Phi) is 4.25. The normalized spacial score (nSPS) is 19.5. The zero-order valence-electron chi connectivity index (χ0n) is 8.68. The van der Waals surface area contributed by atoms with Gasteiger partial charge in [-0.1, -0.05) is 0 Å². The van der Waals surface area contributed by atoms with Gasteiger partial charge in [-0.15, -0.1) is 0 Å². The molecule has 0 bridgehead atoms. The van der Waals surface area contributed by atoms with Gasteiger partial charge in [-0.25, -0.2) is 12.7 Å². The molecule has 16 heavy (non-hydrogen) atoms. The fourth-order valence-electron chi connectivity index (χ4n) is 1.43. The molecule has 0 aromatic carbocycles. The molecule has 1 heterocycles. The van der Waals surface area contributed by atoms with Crippen LogP contribution in [0.1, 0.15) is 12.8 Å². The number of amides is 1. The van der Waals surface area contributed by atoms with Crippen LogP contribution in [-0.2, 0) is 19.6 Å². The van der Waals surface area contributed by atoms with Gasteiger partial charge in [0.15, 0.2) is 0 Å². The SMILES string of the molecule is O=C(O)CNC(=O)CCN1CCCS1(=O)=O. The average molecular weight is 250 g/mol. The number of carbonyl (C=O) groups excluding carboxylic acids is 1. The summed E-state index contributed by atoms with van der Waals surface area (Å²) in [5.74, 6) is -1.45. The molecule has 1 fully saturated rings. The maximum Gasteiger partial charge on any atom is 0.322 e. The zero-order chi connectivity index (χ0) is 12.2. The Morgan fingerprint density at radius 3 is 2.56 bits per heavy atom. The number of nitrogens with zero attached hydrogens (tertiary/aromatic N) is 1. The van der Waals surface area contributed by atoms with Crippen LogP contribution in [0.4, 0.5) is 0 Å². The molecule has 0 radical (unpaired) electrons. The van der Waals surface area contributed by atoms with Gasteiger partial charge in [0.25, 0.3) is 0 Å². The second-order valence-electron chi connectivity index (χ2n) is 3.49. The second-order valence-corrected chi connectivity index (χ2v) is 5.58. The first-order valence-corrected chi connectivity index (χ1v) is 6.49. The van der Waals surface area contributed by atoms with Crippen molar-refractivity contribution in [2.75, 3.05) is 25.4 Å². The van der Waals surface area contributed by atoms with Crippen molar-refractivity contribution in [2.45, 2.75) is 12.8 Å². The van der Waals surface area contributed by atoms with Crippen LogP contribution in [0.2, 0.25) is 0 Å². The van der Waals surface area contributed by atoms with Crippen molar-refractivity contribution in [3.8, 4) is 0 Å². The highest BCUT2D eigenvalue weighted by molar-refractivity contribution is 7.89. The number of carboxylic acids is 1. The van der Waals surface area contributed by atoms with Crippen LogP contribution in [-0.4, -0.2) is 55.1 Å². The van der Waals surface area contributed by atoms with E-state index in [2.05, 4.69) is 5.32 Å². The standard InChI is InChI=1S/C8H14N2O5S/c11-7(9-6-8(12)13)2-4-10-3-1-5-16(10,14)15/h1-6H2,(H,9,11)(H,12,13). The first-order chi connectivity index (χ1) is 7.42. The maximum atomic E-state index is 11.3. The molecule has 1 amide bonds. The maximum absolute atomic E-state index is 11.3. The fourth-order valence-corrected chi connectivity index (χ4v) is 2.96. The molecule has 0 aromatic heterocycles. The number of nitrogens with one attached hydrogen (secondary N) is 1. The largest absolute Gasteiger partial charge is 0.480 e. The summed E-state index contributed by atoms with van der Waals surface area (Å²) in [5.41, 5.74) is 0. The number of carboxylic acid groups (broad SMARTS) is 1. The Balaban J connectivity index is 2.29. The number of rotatable bonds is 5. The summed E-state index contributed by atoms with van der Waals surface area (Å²) in [6.45, 7) is 0.119. The number of sulfonamides is 1. The molecule has 1 aliphatic heterocycles. The summed E-state index contributed by atoms with van der Waals surface area (Å²) < 4.78 is 23.9. The zero-order valence-corrected chi connectivity index (χ0v) is 9.49. The summed E-state index contributed by atoms with van der Waals surface area (Å²) in [5, 5.41) is 10.5. The van der Waals surface area contributed by atoms with Crippen molar-refractivity contribution in [2.24, 2.45) is 0 Å². The molecular weight excluding hydrogens is 236 g/mol. The van der Waals surface area contributed by atoms with E-state index < -0.39 is 28.4 Å². The number of aliphatic carboxylic acids is 1. The molecule has 0 spiro atoms. The van der Waals surface area contributed by atoms with Crippen LogP contribution >= 0.6 is 0 Å². The summed E-state index contributed by atoms with van der Waals surface area (Å²) in [4.78, 5) is 21.3. The third kappa shape index (κ3) is 3.78.